The summed E-state index contributed by atoms with van der Waals surface area (Å²) >= 11 is 0. The van der Waals surface area contributed by atoms with E-state index in [-0.39, 0.29) is 12.2 Å². The molecule has 1 nitrogen and oxygen atoms in total. The summed E-state index contributed by atoms with van der Waals surface area (Å²) in [6.07, 6.45) is 4.39. The van der Waals surface area contributed by atoms with E-state index in [0.29, 0.717) is 0 Å². The van der Waals surface area contributed by atoms with Crippen molar-refractivity contribution in [3.63, 3.8) is 0 Å². The van der Waals surface area contributed by atoms with Crippen LogP contribution in [0.15, 0.2) is 66.7 Å². The predicted molar refractivity (Wildman–Crippen MR) is 80.9 cm³/mol. The van der Waals surface area contributed by atoms with Crippen LogP contribution in [-0.4, -0.2) is 6.10 Å². The first-order chi connectivity index (χ1) is 9.25. The van der Waals surface area contributed by atoms with Crippen LogP contribution in [0.4, 0.5) is 0 Å². The molecule has 1 unspecified atom stereocenters. The van der Waals surface area contributed by atoms with Crippen molar-refractivity contribution in [3.8, 4) is 0 Å². The fraction of sp³-hybridized carbons (Fsp3) is 0.222. The van der Waals surface area contributed by atoms with E-state index in [0.717, 1.165) is 0 Å². The van der Waals surface area contributed by atoms with E-state index < -0.39 is 0 Å². The molecule has 1 heteroatoms. The van der Waals surface area contributed by atoms with E-state index in [1.54, 1.807) is 0 Å². The molecule has 0 aliphatic rings. The van der Waals surface area contributed by atoms with Gasteiger partial charge in [0.25, 0.3) is 0 Å². The summed E-state index contributed by atoms with van der Waals surface area (Å²) < 4.78 is 5.97. The maximum atomic E-state index is 5.97. The largest absolute Gasteiger partial charge is 0.367 e. The van der Waals surface area contributed by atoms with Crippen LogP contribution >= 0.6 is 0 Å². The smallest absolute Gasteiger partial charge is 0.0804 e. The highest BCUT2D eigenvalue weighted by molar-refractivity contribution is 5.49. The second-order valence-electron chi connectivity index (χ2n) is 4.66. The quantitative estimate of drug-likeness (QED) is 0.738. The predicted octanol–water partition coefficient (Wildman–Crippen LogP) is 4.87. The average molecular weight is 252 g/mol. The zero-order valence-corrected chi connectivity index (χ0v) is 11.5. The highest BCUT2D eigenvalue weighted by Crippen LogP contribution is 2.18. The Morgan fingerprint density at radius 3 is 2.05 bits per heavy atom. The van der Waals surface area contributed by atoms with E-state index in [1.807, 2.05) is 36.4 Å². The third-order valence-corrected chi connectivity index (χ3v) is 3.05. The van der Waals surface area contributed by atoms with Crippen molar-refractivity contribution in [3.05, 3.63) is 77.9 Å². The summed E-state index contributed by atoms with van der Waals surface area (Å²) in [7, 11) is 0. The van der Waals surface area contributed by atoms with Crippen LogP contribution in [0.3, 0.4) is 0 Å². The summed E-state index contributed by atoms with van der Waals surface area (Å²) in [5.41, 5.74) is 2.41. The molecule has 0 aliphatic heterocycles. The number of hydrogen-bond donors (Lipinski definition) is 0. The summed E-state index contributed by atoms with van der Waals surface area (Å²) in [6, 6.07) is 20.6. The highest BCUT2D eigenvalue weighted by Gasteiger charge is 2.07. The molecule has 2 aromatic rings. The van der Waals surface area contributed by atoms with Crippen LogP contribution < -0.4 is 0 Å². The molecule has 0 bridgehead atoms. The van der Waals surface area contributed by atoms with Crippen LogP contribution in [0.25, 0.3) is 6.08 Å². The third kappa shape index (κ3) is 4.38. The maximum absolute atomic E-state index is 5.97. The van der Waals surface area contributed by atoms with Gasteiger partial charge in [0.05, 0.1) is 12.2 Å². The lowest BCUT2D eigenvalue weighted by molar-refractivity contribution is 0.0339. The molecule has 2 aromatic carbocycles. The molecule has 2 atom stereocenters. The third-order valence-electron chi connectivity index (χ3n) is 3.05. The molecule has 98 valence electrons. The Hall–Kier alpha value is -1.86. The zero-order chi connectivity index (χ0) is 13.5. The second kappa shape index (κ2) is 6.91. The first-order valence-electron chi connectivity index (χ1n) is 6.69. The molecular formula is C18H20O. The summed E-state index contributed by atoms with van der Waals surface area (Å²) in [5.74, 6) is 0. The van der Waals surface area contributed by atoms with Gasteiger partial charge >= 0.3 is 0 Å². The lowest BCUT2D eigenvalue weighted by Crippen LogP contribution is -2.08. The fourth-order valence-corrected chi connectivity index (χ4v) is 1.98. The summed E-state index contributed by atoms with van der Waals surface area (Å²) in [5, 5.41) is 0. The molecule has 0 N–H and O–H groups in total. The van der Waals surface area contributed by atoms with Gasteiger partial charge in [-0.2, -0.15) is 0 Å². The lowest BCUT2D eigenvalue weighted by Gasteiger charge is -2.17. The Balaban J connectivity index is 1.91. The fourth-order valence-electron chi connectivity index (χ4n) is 1.98. The summed E-state index contributed by atoms with van der Waals surface area (Å²) in [4.78, 5) is 0. The molecule has 0 radical (unpaired) electrons. The van der Waals surface area contributed by atoms with Crippen LogP contribution in [0.1, 0.15) is 31.1 Å². The topological polar surface area (TPSA) is 9.23 Å². The van der Waals surface area contributed by atoms with Gasteiger partial charge in [0.15, 0.2) is 0 Å². The highest BCUT2D eigenvalue weighted by atomic mass is 16.5. The molecule has 0 aromatic heterocycles. The van der Waals surface area contributed by atoms with Crippen molar-refractivity contribution in [2.45, 2.75) is 26.1 Å². The summed E-state index contributed by atoms with van der Waals surface area (Å²) in [6.45, 7) is 4.15. The van der Waals surface area contributed by atoms with E-state index in [4.69, 9.17) is 4.74 Å². The zero-order valence-electron chi connectivity index (χ0n) is 11.5. The lowest BCUT2D eigenvalue weighted by atomic mass is 10.1. The van der Waals surface area contributed by atoms with Gasteiger partial charge in [0.2, 0.25) is 0 Å². The average Bonchev–Trinajstić information content (AvgIpc) is 2.47. The van der Waals surface area contributed by atoms with Gasteiger partial charge in [-0.3, -0.25) is 0 Å². The van der Waals surface area contributed by atoms with Gasteiger partial charge < -0.3 is 4.74 Å². The van der Waals surface area contributed by atoms with E-state index in [9.17, 15) is 0 Å². The Morgan fingerprint density at radius 1 is 0.842 bits per heavy atom. The van der Waals surface area contributed by atoms with Crippen LogP contribution in [0, 0.1) is 0 Å². The molecule has 0 saturated carbocycles. The number of ether oxygens (including phenoxy) is 1. The first kappa shape index (κ1) is 13.6. The molecule has 0 amide bonds. The molecule has 0 fully saturated rings. The Bertz CT molecular complexity index is 502. The van der Waals surface area contributed by atoms with Gasteiger partial charge in [-0.15, -0.1) is 0 Å². The van der Waals surface area contributed by atoms with Gasteiger partial charge in [-0.1, -0.05) is 72.8 Å². The number of hydrogen-bond acceptors (Lipinski definition) is 1. The number of benzene rings is 2. The van der Waals surface area contributed by atoms with E-state index in [2.05, 4.69) is 50.3 Å². The Kier molecular flexibility index (Phi) is 4.93. The van der Waals surface area contributed by atoms with Crippen LogP contribution in [0.5, 0.6) is 0 Å². The van der Waals surface area contributed by atoms with Crippen LogP contribution in [-0.2, 0) is 4.74 Å². The second-order valence-corrected chi connectivity index (χ2v) is 4.66. The van der Waals surface area contributed by atoms with Gasteiger partial charge in [-0.05, 0) is 25.0 Å². The van der Waals surface area contributed by atoms with E-state index in [1.165, 1.54) is 11.1 Å². The van der Waals surface area contributed by atoms with Crippen molar-refractivity contribution in [2.24, 2.45) is 0 Å². The minimum atomic E-state index is 0.0930. The SMILES string of the molecule is CC(/C=C/c1ccccc1)O[C@@H](C)c1ccccc1. The minimum absolute atomic E-state index is 0.0930. The van der Waals surface area contributed by atoms with Crippen molar-refractivity contribution in [2.75, 3.05) is 0 Å². The molecule has 2 rings (SSSR count). The molecule has 0 spiro atoms. The molecule has 19 heavy (non-hydrogen) atoms. The van der Waals surface area contributed by atoms with Gasteiger partial charge in [0, 0.05) is 0 Å². The van der Waals surface area contributed by atoms with Gasteiger partial charge in [-0.25, -0.2) is 0 Å². The molecule has 0 saturated heterocycles. The molecule has 0 aliphatic carbocycles. The monoisotopic (exact) mass is 252 g/mol. The van der Waals surface area contributed by atoms with Crippen molar-refractivity contribution in [1.29, 1.82) is 0 Å². The van der Waals surface area contributed by atoms with E-state index >= 15 is 0 Å². The molecule has 0 heterocycles. The first-order valence-corrected chi connectivity index (χ1v) is 6.69. The van der Waals surface area contributed by atoms with Crippen molar-refractivity contribution in [1.82, 2.24) is 0 Å². The van der Waals surface area contributed by atoms with Crippen molar-refractivity contribution >= 4 is 6.08 Å². The Labute approximate surface area is 115 Å². The maximum Gasteiger partial charge on any atom is 0.0804 e. The normalized spacial score (nSPS) is 14.4. The van der Waals surface area contributed by atoms with Crippen molar-refractivity contribution < 1.29 is 4.74 Å². The standard InChI is InChI=1S/C18H20O/c1-15(13-14-17-9-5-3-6-10-17)19-16(2)18-11-7-4-8-12-18/h3-16H,1-2H3/b14-13+/t15?,16-/m0/s1. The number of rotatable bonds is 5. The minimum Gasteiger partial charge on any atom is -0.367 e. The van der Waals surface area contributed by atoms with Gasteiger partial charge in [0.1, 0.15) is 0 Å². The van der Waals surface area contributed by atoms with Crippen LogP contribution in [0.2, 0.25) is 0 Å². The Morgan fingerprint density at radius 2 is 1.42 bits per heavy atom. The molecular weight excluding hydrogens is 232 g/mol.